The standard InChI is InChI=1S/C52H76N3O10P/c1-37(2)55(38(3)4)66(63-34-20-32-53)65-48(23-18-13-11-12-14-19-33-60-51-50(54-41(7)56)40(6)39(5)49(64-51)36-61-42(8)57)35-62-52(43-21-16-15-17-22-43,44-24-28-46(58-9)29-25-44)45-26-30-47(59-10)31-27-45/h15-17,21-22,24-31,37-40,48-51H,11-14,18-20,23,33-36H2,1-10H3,(H,54,56). The Morgan fingerprint density at radius 3 is 1.88 bits per heavy atom. The van der Waals surface area contributed by atoms with Crippen LogP contribution in [0.5, 0.6) is 11.5 Å². The van der Waals surface area contributed by atoms with Crippen LogP contribution in [-0.2, 0) is 43.2 Å². The number of hydrogen-bond acceptors (Lipinski definition) is 12. The lowest BCUT2D eigenvalue weighted by molar-refractivity contribution is -0.244. The Labute approximate surface area is 396 Å². The molecule has 1 N–H and O–H groups in total. The first-order valence-electron chi connectivity index (χ1n) is 23.7. The van der Waals surface area contributed by atoms with Crippen molar-refractivity contribution >= 4 is 20.4 Å². The molecule has 7 unspecified atom stereocenters. The topological polar surface area (TPSA) is 147 Å². The molecule has 4 rings (SSSR count). The highest BCUT2D eigenvalue weighted by atomic mass is 31.2. The van der Waals surface area contributed by atoms with Gasteiger partial charge in [-0.15, -0.1) is 0 Å². The number of rotatable bonds is 29. The third-order valence-corrected chi connectivity index (χ3v) is 14.4. The Kier molecular flexibility index (Phi) is 23.3. The minimum absolute atomic E-state index is 0.0541. The first-order valence-corrected chi connectivity index (χ1v) is 24.8. The second-order valence-electron chi connectivity index (χ2n) is 17.7. The van der Waals surface area contributed by atoms with Crippen molar-refractivity contribution in [3.05, 3.63) is 95.6 Å². The number of ether oxygens (including phenoxy) is 6. The second-order valence-corrected chi connectivity index (χ2v) is 19.1. The summed E-state index contributed by atoms with van der Waals surface area (Å²) in [6.45, 7) is 16.7. The van der Waals surface area contributed by atoms with Crippen LogP contribution >= 0.6 is 8.53 Å². The first-order chi connectivity index (χ1) is 31.7. The third-order valence-electron chi connectivity index (χ3n) is 12.2. The maximum absolute atomic E-state index is 12.1. The normalized spacial score (nSPS) is 19.6. The summed E-state index contributed by atoms with van der Waals surface area (Å²) < 4.78 is 52.1. The molecule has 1 heterocycles. The number of nitrogens with one attached hydrogen (secondary N) is 1. The van der Waals surface area contributed by atoms with Crippen LogP contribution in [0.4, 0.5) is 0 Å². The second kappa shape index (κ2) is 28.3. The fraction of sp³-hybridized carbons (Fsp3) is 0.596. The fourth-order valence-corrected chi connectivity index (χ4v) is 10.2. The fourth-order valence-electron chi connectivity index (χ4n) is 8.52. The summed E-state index contributed by atoms with van der Waals surface area (Å²) in [7, 11) is 1.78. The molecule has 66 heavy (non-hydrogen) atoms. The molecule has 0 saturated carbocycles. The molecule has 364 valence electrons. The van der Waals surface area contributed by atoms with Gasteiger partial charge in [-0.2, -0.15) is 5.26 Å². The summed E-state index contributed by atoms with van der Waals surface area (Å²) in [6.07, 6.45) is 5.49. The number of nitriles is 1. The van der Waals surface area contributed by atoms with Gasteiger partial charge in [0.25, 0.3) is 8.53 Å². The minimum atomic E-state index is -1.54. The number of carbonyl (C=O) groups is 2. The lowest BCUT2D eigenvalue weighted by atomic mass is 9.80. The van der Waals surface area contributed by atoms with Crippen molar-refractivity contribution in [1.29, 1.82) is 5.26 Å². The van der Waals surface area contributed by atoms with Gasteiger partial charge in [0, 0.05) is 32.5 Å². The van der Waals surface area contributed by atoms with Gasteiger partial charge in [-0.05, 0) is 93.3 Å². The van der Waals surface area contributed by atoms with Gasteiger partial charge >= 0.3 is 5.97 Å². The Bertz CT molecular complexity index is 1840. The number of benzene rings is 3. The number of esters is 1. The van der Waals surface area contributed by atoms with Crippen LogP contribution in [-0.4, -0.2) is 93.8 Å². The van der Waals surface area contributed by atoms with Crippen LogP contribution in [0.15, 0.2) is 78.9 Å². The molecule has 0 aliphatic carbocycles. The minimum Gasteiger partial charge on any atom is -0.497 e. The summed E-state index contributed by atoms with van der Waals surface area (Å²) in [5.41, 5.74) is 1.82. The molecule has 0 spiro atoms. The molecule has 14 heteroatoms. The van der Waals surface area contributed by atoms with Crippen molar-refractivity contribution in [2.45, 2.75) is 149 Å². The zero-order chi connectivity index (χ0) is 48.1. The number of unbranched alkanes of at least 4 members (excludes halogenated alkanes) is 5. The van der Waals surface area contributed by atoms with E-state index in [2.05, 4.69) is 87.1 Å². The van der Waals surface area contributed by atoms with Crippen molar-refractivity contribution in [2.75, 3.05) is 40.6 Å². The Morgan fingerprint density at radius 1 is 0.788 bits per heavy atom. The quantitative estimate of drug-likeness (QED) is 0.0306. The van der Waals surface area contributed by atoms with Crippen LogP contribution in [0.25, 0.3) is 0 Å². The van der Waals surface area contributed by atoms with E-state index in [9.17, 15) is 14.9 Å². The number of carbonyl (C=O) groups excluding carboxylic acids is 2. The maximum atomic E-state index is 12.1. The van der Waals surface area contributed by atoms with Gasteiger partial charge in [-0.25, -0.2) is 4.67 Å². The molecule has 1 aliphatic rings. The van der Waals surface area contributed by atoms with Crippen LogP contribution in [0.2, 0.25) is 0 Å². The molecule has 3 aromatic rings. The lowest BCUT2D eigenvalue weighted by Gasteiger charge is -2.44. The van der Waals surface area contributed by atoms with Crippen LogP contribution < -0.4 is 14.8 Å². The molecule has 7 atom stereocenters. The van der Waals surface area contributed by atoms with E-state index in [0.29, 0.717) is 6.61 Å². The largest absolute Gasteiger partial charge is 0.497 e. The summed E-state index contributed by atoms with van der Waals surface area (Å²) in [6, 6.07) is 28.5. The first kappa shape index (κ1) is 54.5. The Morgan fingerprint density at radius 2 is 1.35 bits per heavy atom. The molecular weight excluding hydrogens is 858 g/mol. The van der Waals surface area contributed by atoms with Gasteiger partial charge in [0.2, 0.25) is 5.91 Å². The van der Waals surface area contributed by atoms with E-state index < -0.39 is 20.4 Å². The highest BCUT2D eigenvalue weighted by Crippen LogP contribution is 2.49. The summed E-state index contributed by atoms with van der Waals surface area (Å²) in [4.78, 5) is 23.6. The van der Waals surface area contributed by atoms with Crippen LogP contribution in [0.3, 0.4) is 0 Å². The van der Waals surface area contributed by atoms with Gasteiger partial charge in [0.05, 0.1) is 58.2 Å². The van der Waals surface area contributed by atoms with Crippen LogP contribution in [0.1, 0.15) is 123 Å². The van der Waals surface area contributed by atoms with E-state index in [0.717, 1.165) is 73.1 Å². The molecule has 0 radical (unpaired) electrons. The molecule has 1 saturated heterocycles. The monoisotopic (exact) mass is 934 g/mol. The number of hydrogen-bond donors (Lipinski definition) is 1. The average molecular weight is 934 g/mol. The van der Waals surface area contributed by atoms with E-state index in [1.54, 1.807) is 14.2 Å². The average Bonchev–Trinajstić information content (AvgIpc) is 3.30. The van der Waals surface area contributed by atoms with Gasteiger partial charge < -0.3 is 42.8 Å². The number of nitrogens with zero attached hydrogens (tertiary/aromatic N) is 2. The third kappa shape index (κ3) is 16.0. The van der Waals surface area contributed by atoms with Gasteiger partial charge in [-0.1, -0.05) is 101 Å². The van der Waals surface area contributed by atoms with Crippen LogP contribution in [0, 0.1) is 23.2 Å². The summed E-state index contributed by atoms with van der Waals surface area (Å²) >= 11 is 0. The molecule has 1 fully saturated rings. The predicted molar refractivity (Wildman–Crippen MR) is 258 cm³/mol. The van der Waals surface area contributed by atoms with Crippen molar-refractivity contribution in [3.8, 4) is 17.6 Å². The zero-order valence-corrected chi connectivity index (χ0v) is 41.9. The SMILES string of the molecule is COc1ccc(C(OCC(CCCCCCCCOC2OC(COC(C)=O)C(C)C(C)C2NC(C)=O)OP(OCCC#N)N(C(C)C)C(C)C)(c2ccccc2)c2ccc(OC)cc2)cc1. The van der Waals surface area contributed by atoms with Gasteiger partial charge in [0.1, 0.15) is 23.7 Å². The zero-order valence-electron chi connectivity index (χ0n) is 41.0. The van der Waals surface area contributed by atoms with Crippen molar-refractivity contribution in [2.24, 2.45) is 11.8 Å². The number of amides is 1. The van der Waals surface area contributed by atoms with E-state index in [1.807, 2.05) is 49.4 Å². The molecule has 0 bridgehead atoms. The molecular formula is C52H76N3O10P. The Balaban J connectivity index is 1.50. The molecule has 1 amide bonds. The summed E-state index contributed by atoms with van der Waals surface area (Å²) in [5, 5.41) is 12.4. The van der Waals surface area contributed by atoms with Crippen molar-refractivity contribution in [1.82, 2.24) is 9.99 Å². The smallest absolute Gasteiger partial charge is 0.302 e. The molecule has 3 aromatic carbocycles. The van der Waals surface area contributed by atoms with Crippen molar-refractivity contribution < 1.29 is 47.1 Å². The summed E-state index contributed by atoms with van der Waals surface area (Å²) in [5.74, 6) is 1.11. The van der Waals surface area contributed by atoms with Gasteiger partial charge in [-0.3, -0.25) is 9.59 Å². The lowest BCUT2D eigenvalue weighted by Crippen LogP contribution is -2.58. The highest BCUT2D eigenvalue weighted by Gasteiger charge is 2.43. The van der Waals surface area contributed by atoms with Gasteiger partial charge in [0.15, 0.2) is 6.29 Å². The van der Waals surface area contributed by atoms with E-state index >= 15 is 0 Å². The Hall–Kier alpha value is -4.12. The highest BCUT2D eigenvalue weighted by molar-refractivity contribution is 7.44. The number of methoxy groups -OCH3 is 2. The molecule has 1 aliphatic heterocycles. The molecule has 0 aromatic heterocycles. The van der Waals surface area contributed by atoms with E-state index in [4.69, 9.17) is 37.5 Å². The van der Waals surface area contributed by atoms with E-state index in [1.165, 1.54) is 13.8 Å². The van der Waals surface area contributed by atoms with E-state index in [-0.39, 0.29) is 80.3 Å². The molecule has 13 nitrogen and oxygen atoms in total. The predicted octanol–water partition coefficient (Wildman–Crippen LogP) is 10.5. The maximum Gasteiger partial charge on any atom is 0.302 e. The van der Waals surface area contributed by atoms with Crippen molar-refractivity contribution in [3.63, 3.8) is 0 Å².